The van der Waals surface area contributed by atoms with Crippen molar-refractivity contribution in [2.45, 2.75) is 25.6 Å². The van der Waals surface area contributed by atoms with Gasteiger partial charge in [0.1, 0.15) is 0 Å². The fraction of sp³-hybridized carbons (Fsp3) is 0.421. The molecule has 1 N–H and O–H groups in total. The second-order valence-electron chi connectivity index (χ2n) is 6.70. The fourth-order valence-corrected chi connectivity index (χ4v) is 3.40. The monoisotopic (exact) mass is 354 g/mol. The maximum atomic E-state index is 12.3. The maximum Gasteiger partial charge on any atom is 0.276 e. The zero-order valence-electron chi connectivity index (χ0n) is 14.8. The Bertz CT molecular complexity index is 778. The average Bonchev–Trinajstić information content (AvgIpc) is 3.11. The van der Waals surface area contributed by atoms with E-state index in [1.54, 1.807) is 6.07 Å². The fourth-order valence-electron chi connectivity index (χ4n) is 3.40. The SMILES string of the molecule is Cc1cccc(NC(=O)c2ccc(N3CCC4(CC3)OCCO4)nn2)c1. The first-order valence-corrected chi connectivity index (χ1v) is 8.88. The lowest BCUT2D eigenvalue weighted by atomic mass is 10.0. The highest BCUT2D eigenvalue weighted by atomic mass is 16.7. The second-order valence-corrected chi connectivity index (χ2v) is 6.70. The molecule has 0 bridgehead atoms. The van der Waals surface area contributed by atoms with E-state index in [2.05, 4.69) is 20.4 Å². The van der Waals surface area contributed by atoms with Crippen LogP contribution in [0.5, 0.6) is 0 Å². The van der Waals surface area contributed by atoms with Gasteiger partial charge in [-0.25, -0.2) is 0 Å². The summed E-state index contributed by atoms with van der Waals surface area (Å²) in [6.45, 7) is 4.91. The van der Waals surface area contributed by atoms with Crippen molar-refractivity contribution in [3.63, 3.8) is 0 Å². The van der Waals surface area contributed by atoms with Crippen molar-refractivity contribution in [1.29, 1.82) is 0 Å². The number of piperidine rings is 1. The third-order valence-corrected chi connectivity index (χ3v) is 4.82. The van der Waals surface area contributed by atoms with E-state index in [1.807, 2.05) is 37.3 Å². The molecular formula is C19H22N4O3. The summed E-state index contributed by atoms with van der Waals surface area (Å²) < 4.78 is 11.5. The molecule has 2 aliphatic rings. The third kappa shape index (κ3) is 3.54. The van der Waals surface area contributed by atoms with Crippen LogP contribution in [0.2, 0.25) is 0 Å². The van der Waals surface area contributed by atoms with Crippen LogP contribution in [-0.2, 0) is 9.47 Å². The summed E-state index contributed by atoms with van der Waals surface area (Å²) in [4.78, 5) is 14.5. The summed E-state index contributed by atoms with van der Waals surface area (Å²) in [7, 11) is 0. The van der Waals surface area contributed by atoms with Gasteiger partial charge in [-0.2, -0.15) is 0 Å². The Morgan fingerprint density at radius 3 is 2.54 bits per heavy atom. The Kier molecular flexibility index (Phi) is 4.57. The van der Waals surface area contributed by atoms with Crippen molar-refractivity contribution in [2.24, 2.45) is 0 Å². The number of carbonyl (C=O) groups is 1. The number of amides is 1. The van der Waals surface area contributed by atoms with Gasteiger partial charge in [-0.05, 0) is 36.8 Å². The molecule has 7 nitrogen and oxygen atoms in total. The lowest BCUT2D eigenvalue weighted by molar-refractivity contribution is -0.169. The number of hydrogen-bond donors (Lipinski definition) is 1. The van der Waals surface area contributed by atoms with Gasteiger partial charge in [0.25, 0.3) is 5.91 Å². The Balaban J connectivity index is 1.38. The van der Waals surface area contributed by atoms with Crippen molar-refractivity contribution in [3.05, 3.63) is 47.7 Å². The van der Waals surface area contributed by atoms with Gasteiger partial charge in [-0.1, -0.05) is 12.1 Å². The van der Waals surface area contributed by atoms with Crippen LogP contribution in [0.15, 0.2) is 36.4 Å². The van der Waals surface area contributed by atoms with Gasteiger partial charge in [0.2, 0.25) is 0 Å². The molecule has 136 valence electrons. The predicted molar refractivity (Wildman–Crippen MR) is 97.2 cm³/mol. The number of nitrogens with one attached hydrogen (secondary N) is 1. The van der Waals surface area contributed by atoms with E-state index in [-0.39, 0.29) is 5.91 Å². The lowest BCUT2D eigenvalue weighted by Gasteiger charge is -2.37. The normalized spacial score (nSPS) is 18.9. The van der Waals surface area contributed by atoms with Gasteiger partial charge in [-0.3, -0.25) is 4.79 Å². The van der Waals surface area contributed by atoms with E-state index in [4.69, 9.17) is 9.47 Å². The molecule has 1 aromatic heterocycles. The van der Waals surface area contributed by atoms with Crippen LogP contribution in [0.1, 0.15) is 28.9 Å². The van der Waals surface area contributed by atoms with Crippen LogP contribution in [0, 0.1) is 6.92 Å². The average molecular weight is 354 g/mol. The molecule has 0 aliphatic carbocycles. The molecule has 1 spiro atoms. The largest absolute Gasteiger partial charge is 0.355 e. The first-order valence-electron chi connectivity index (χ1n) is 8.88. The molecule has 0 radical (unpaired) electrons. The van der Waals surface area contributed by atoms with E-state index < -0.39 is 5.79 Å². The number of aromatic nitrogens is 2. The molecule has 26 heavy (non-hydrogen) atoms. The minimum Gasteiger partial charge on any atom is -0.355 e. The summed E-state index contributed by atoms with van der Waals surface area (Å²) >= 11 is 0. The van der Waals surface area contributed by atoms with Crippen molar-refractivity contribution in [1.82, 2.24) is 10.2 Å². The predicted octanol–water partition coefficient (Wildman–Crippen LogP) is 2.38. The highest BCUT2D eigenvalue weighted by molar-refractivity contribution is 6.02. The Labute approximate surface area is 152 Å². The molecule has 3 heterocycles. The number of benzene rings is 1. The van der Waals surface area contributed by atoms with Crippen LogP contribution in [0.3, 0.4) is 0 Å². The van der Waals surface area contributed by atoms with E-state index in [0.29, 0.717) is 18.9 Å². The molecule has 0 atom stereocenters. The molecule has 0 unspecified atom stereocenters. The first-order chi connectivity index (χ1) is 12.6. The summed E-state index contributed by atoms with van der Waals surface area (Å²) in [6.07, 6.45) is 1.62. The molecule has 2 fully saturated rings. The minimum absolute atomic E-state index is 0.264. The van der Waals surface area contributed by atoms with Gasteiger partial charge < -0.3 is 19.7 Å². The van der Waals surface area contributed by atoms with E-state index in [1.165, 1.54) is 0 Å². The van der Waals surface area contributed by atoms with E-state index >= 15 is 0 Å². The molecular weight excluding hydrogens is 332 g/mol. The molecule has 1 amide bonds. The summed E-state index contributed by atoms with van der Waals surface area (Å²) in [6, 6.07) is 11.2. The van der Waals surface area contributed by atoms with Gasteiger partial charge in [0.05, 0.1) is 13.2 Å². The topological polar surface area (TPSA) is 76.6 Å². The van der Waals surface area contributed by atoms with E-state index in [9.17, 15) is 4.79 Å². The van der Waals surface area contributed by atoms with Crippen LogP contribution in [-0.4, -0.2) is 48.2 Å². The number of aryl methyl sites for hydroxylation is 1. The second kappa shape index (κ2) is 7.01. The molecule has 7 heteroatoms. The number of carbonyl (C=O) groups excluding carboxylic acids is 1. The van der Waals surface area contributed by atoms with Gasteiger partial charge >= 0.3 is 0 Å². The zero-order valence-corrected chi connectivity index (χ0v) is 14.8. The number of nitrogens with zero attached hydrogens (tertiary/aromatic N) is 3. The van der Waals surface area contributed by atoms with Crippen LogP contribution in [0.4, 0.5) is 11.5 Å². The van der Waals surface area contributed by atoms with Crippen molar-refractivity contribution in [3.8, 4) is 0 Å². The van der Waals surface area contributed by atoms with E-state index in [0.717, 1.165) is 43.0 Å². The Morgan fingerprint density at radius 2 is 1.88 bits per heavy atom. The number of anilines is 2. The summed E-state index contributed by atoms with van der Waals surface area (Å²) in [5.41, 5.74) is 2.13. The quantitative estimate of drug-likeness (QED) is 0.912. The molecule has 2 aromatic rings. The van der Waals surface area contributed by atoms with Crippen molar-refractivity contribution < 1.29 is 14.3 Å². The molecule has 4 rings (SSSR count). The Hall–Kier alpha value is -2.51. The number of hydrogen-bond acceptors (Lipinski definition) is 6. The molecule has 1 aromatic carbocycles. The Morgan fingerprint density at radius 1 is 1.12 bits per heavy atom. The number of rotatable bonds is 3. The van der Waals surface area contributed by atoms with Crippen LogP contribution < -0.4 is 10.2 Å². The zero-order chi connectivity index (χ0) is 18.0. The molecule has 0 saturated carbocycles. The lowest BCUT2D eigenvalue weighted by Crippen LogP contribution is -2.45. The molecule has 2 aliphatic heterocycles. The van der Waals surface area contributed by atoms with Crippen molar-refractivity contribution >= 4 is 17.4 Å². The summed E-state index contributed by atoms with van der Waals surface area (Å²) in [5, 5.41) is 11.2. The van der Waals surface area contributed by atoms with Crippen LogP contribution in [0.25, 0.3) is 0 Å². The standard InChI is InChI=1S/C19H22N4O3/c1-14-3-2-4-15(13-14)20-18(24)16-5-6-17(22-21-16)23-9-7-19(8-10-23)25-11-12-26-19/h2-6,13H,7-12H2,1H3,(H,20,24). The van der Waals surface area contributed by atoms with Gasteiger partial charge in [-0.15, -0.1) is 10.2 Å². The van der Waals surface area contributed by atoms with Crippen molar-refractivity contribution in [2.75, 3.05) is 36.5 Å². The number of ether oxygens (including phenoxy) is 2. The van der Waals surface area contributed by atoms with Crippen LogP contribution >= 0.6 is 0 Å². The minimum atomic E-state index is -0.405. The highest BCUT2D eigenvalue weighted by Gasteiger charge is 2.40. The maximum absolute atomic E-state index is 12.3. The smallest absolute Gasteiger partial charge is 0.276 e. The summed E-state index contributed by atoms with van der Waals surface area (Å²) in [5.74, 6) is 0.0994. The molecule has 2 saturated heterocycles. The third-order valence-electron chi connectivity index (χ3n) is 4.82. The van der Waals surface area contributed by atoms with Gasteiger partial charge in [0.15, 0.2) is 17.3 Å². The first kappa shape index (κ1) is 16.9. The van der Waals surface area contributed by atoms with Gasteiger partial charge in [0, 0.05) is 31.6 Å². The highest BCUT2D eigenvalue weighted by Crippen LogP contribution is 2.32.